The van der Waals surface area contributed by atoms with E-state index in [2.05, 4.69) is 0 Å². The van der Waals surface area contributed by atoms with E-state index in [9.17, 15) is 14.7 Å². The fourth-order valence-electron chi connectivity index (χ4n) is 3.77. The Kier molecular flexibility index (Phi) is 5.25. The smallest absolute Gasteiger partial charge is 0.282 e. The van der Waals surface area contributed by atoms with Crippen molar-refractivity contribution in [3.05, 3.63) is 78.0 Å². The molecule has 1 N–H and O–H groups in total. The minimum absolute atomic E-state index is 0.133. The van der Waals surface area contributed by atoms with Crippen molar-refractivity contribution in [1.82, 2.24) is 4.90 Å². The van der Waals surface area contributed by atoms with Gasteiger partial charge in [-0.2, -0.15) is 0 Å². The van der Waals surface area contributed by atoms with Crippen LogP contribution in [0.1, 0.15) is 5.56 Å². The van der Waals surface area contributed by atoms with Gasteiger partial charge in [0, 0.05) is 19.0 Å². The molecule has 3 aromatic carbocycles. The molecule has 152 valence electrons. The number of carbonyl (C=O) groups excluding carboxylic acids is 2. The molecule has 0 atom stereocenters. The molecule has 1 aliphatic heterocycles. The zero-order valence-corrected chi connectivity index (χ0v) is 16.8. The first kappa shape index (κ1) is 19.7. The topological polar surface area (TPSA) is 70.1 Å². The Labute approximate surface area is 174 Å². The van der Waals surface area contributed by atoms with E-state index in [0.29, 0.717) is 22.6 Å². The molecule has 3 aromatic rings. The molecule has 2 amide bonds. The van der Waals surface area contributed by atoms with Crippen LogP contribution in [0.5, 0.6) is 5.75 Å². The highest BCUT2D eigenvalue weighted by Crippen LogP contribution is 2.37. The van der Waals surface area contributed by atoms with Gasteiger partial charge in [0.25, 0.3) is 11.8 Å². The maximum Gasteiger partial charge on any atom is 0.282 e. The SMILES string of the molecule is COc1ccc(C2=C(N(C)CCO)C(=O)N(c3cccc4ccccc34)C2=O)cc1. The van der Waals surface area contributed by atoms with Gasteiger partial charge >= 0.3 is 0 Å². The summed E-state index contributed by atoms with van der Waals surface area (Å²) in [6, 6.07) is 20.2. The Morgan fingerprint density at radius 1 is 0.933 bits per heavy atom. The number of imide groups is 1. The van der Waals surface area contributed by atoms with Crippen molar-refractivity contribution >= 4 is 33.8 Å². The molecule has 0 aliphatic carbocycles. The van der Waals surface area contributed by atoms with E-state index in [0.717, 1.165) is 10.8 Å². The molecule has 6 heteroatoms. The average molecular weight is 402 g/mol. The van der Waals surface area contributed by atoms with Crippen LogP contribution in [0.2, 0.25) is 0 Å². The van der Waals surface area contributed by atoms with Crippen molar-refractivity contribution < 1.29 is 19.4 Å². The van der Waals surface area contributed by atoms with Gasteiger partial charge in [0.05, 0.1) is 25.0 Å². The Bertz CT molecular complexity index is 1150. The highest BCUT2D eigenvalue weighted by molar-refractivity contribution is 6.46. The van der Waals surface area contributed by atoms with E-state index in [4.69, 9.17) is 4.74 Å². The van der Waals surface area contributed by atoms with Crippen LogP contribution in [0.4, 0.5) is 5.69 Å². The standard InChI is InChI=1S/C24H22N2O4/c1-25(14-15-27)22-21(17-10-12-18(30-2)13-11-17)23(28)26(24(22)29)20-9-5-7-16-6-3-4-8-19(16)20/h3-13,27H,14-15H2,1-2H3. The second-order valence-electron chi connectivity index (χ2n) is 7.04. The number of aliphatic hydroxyl groups excluding tert-OH is 1. The van der Waals surface area contributed by atoms with Crippen LogP contribution in [0, 0.1) is 0 Å². The lowest BCUT2D eigenvalue weighted by atomic mass is 10.0. The number of rotatable bonds is 6. The largest absolute Gasteiger partial charge is 0.497 e. The lowest BCUT2D eigenvalue weighted by Gasteiger charge is -2.21. The zero-order valence-electron chi connectivity index (χ0n) is 16.8. The number of ether oxygens (including phenoxy) is 1. The molecule has 0 bridgehead atoms. The Morgan fingerprint density at radius 2 is 1.63 bits per heavy atom. The molecule has 0 unspecified atom stereocenters. The van der Waals surface area contributed by atoms with Gasteiger partial charge in [-0.25, -0.2) is 4.90 Å². The monoisotopic (exact) mass is 402 g/mol. The van der Waals surface area contributed by atoms with E-state index in [1.165, 1.54) is 4.90 Å². The number of aliphatic hydroxyl groups is 1. The number of hydrogen-bond donors (Lipinski definition) is 1. The van der Waals surface area contributed by atoms with Crippen LogP contribution in [-0.4, -0.2) is 49.1 Å². The lowest BCUT2D eigenvalue weighted by molar-refractivity contribution is -0.120. The molecule has 1 aliphatic rings. The third-order valence-electron chi connectivity index (χ3n) is 5.26. The molecular formula is C24H22N2O4. The molecule has 0 aromatic heterocycles. The third-order valence-corrected chi connectivity index (χ3v) is 5.26. The van der Waals surface area contributed by atoms with Crippen LogP contribution < -0.4 is 9.64 Å². The normalized spacial score (nSPS) is 14.0. The van der Waals surface area contributed by atoms with Crippen molar-refractivity contribution in [2.45, 2.75) is 0 Å². The number of methoxy groups -OCH3 is 1. The van der Waals surface area contributed by atoms with Gasteiger partial charge in [0.2, 0.25) is 0 Å². The minimum Gasteiger partial charge on any atom is -0.497 e. The molecule has 4 rings (SSSR count). The fraction of sp³-hybridized carbons (Fsp3) is 0.167. The molecule has 0 saturated carbocycles. The Balaban J connectivity index is 1.87. The van der Waals surface area contributed by atoms with Gasteiger partial charge in [-0.05, 0) is 29.1 Å². The van der Waals surface area contributed by atoms with E-state index >= 15 is 0 Å². The number of benzene rings is 3. The van der Waals surface area contributed by atoms with Gasteiger partial charge in [-0.15, -0.1) is 0 Å². The van der Waals surface area contributed by atoms with E-state index in [1.807, 2.05) is 36.4 Å². The summed E-state index contributed by atoms with van der Waals surface area (Å²) in [5, 5.41) is 11.2. The Morgan fingerprint density at radius 3 is 2.33 bits per heavy atom. The molecule has 0 saturated heterocycles. The second-order valence-corrected chi connectivity index (χ2v) is 7.04. The first-order chi connectivity index (χ1) is 14.6. The summed E-state index contributed by atoms with van der Waals surface area (Å²) in [4.78, 5) is 29.9. The number of amides is 2. The number of hydrogen-bond acceptors (Lipinski definition) is 5. The van der Waals surface area contributed by atoms with Gasteiger partial charge in [0.15, 0.2) is 0 Å². The van der Waals surface area contributed by atoms with Crippen molar-refractivity contribution in [2.24, 2.45) is 0 Å². The summed E-state index contributed by atoms with van der Waals surface area (Å²) < 4.78 is 5.21. The molecule has 0 spiro atoms. The number of nitrogens with zero attached hydrogens (tertiary/aromatic N) is 2. The van der Waals surface area contributed by atoms with Gasteiger partial charge in [0.1, 0.15) is 11.4 Å². The highest BCUT2D eigenvalue weighted by Gasteiger charge is 2.42. The van der Waals surface area contributed by atoms with Gasteiger partial charge in [-0.1, -0.05) is 48.5 Å². The maximum absolute atomic E-state index is 13.6. The highest BCUT2D eigenvalue weighted by atomic mass is 16.5. The molecule has 6 nitrogen and oxygen atoms in total. The molecule has 0 radical (unpaired) electrons. The maximum atomic E-state index is 13.6. The summed E-state index contributed by atoms with van der Waals surface area (Å²) >= 11 is 0. The van der Waals surface area contributed by atoms with Gasteiger partial charge in [-0.3, -0.25) is 9.59 Å². The van der Waals surface area contributed by atoms with Crippen LogP contribution in [-0.2, 0) is 9.59 Å². The first-order valence-electron chi connectivity index (χ1n) is 9.64. The van der Waals surface area contributed by atoms with Crippen molar-refractivity contribution in [1.29, 1.82) is 0 Å². The average Bonchev–Trinajstić information content (AvgIpc) is 3.03. The summed E-state index contributed by atoms with van der Waals surface area (Å²) in [5.74, 6) is -0.133. The zero-order chi connectivity index (χ0) is 21.3. The number of anilines is 1. The number of carbonyl (C=O) groups is 2. The van der Waals surface area contributed by atoms with Crippen LogP contribution >= 0.6 is 0 Å². The predicted octanol–water partition coefficient (Wildman–Crippen LogP) is 3.06. The molecule has 1 heterocycles. The lowest BCUT2D eigenvalue weighted by Crippen LogP contribution is -2.35. The van der Waals surface area contributed by atoms with E-state index in [1.54, 1.807) is 49.4 Å². The summed E-state index contributed by atoms with van der Waals surface area (Å²) in [6.45, 7) is 0.100. The molecule has 0 fully saturated rings. The third kappa shape index (κ3) is 3.21. The van der Waals surface area contributed by atoms with Crippen molar-refractivity contribution in [2.75, 3.05) is 32.2 Å². The van der Waals surface area contributed by atoms with E-state index < -0.39 is 5.91 Å². The first-order valence-corrected chi connectivity index (χ1v) is 9.64. The van der Waals surface area contributed by atoms with Gasteiger partial charge < -0.3 is 14.7 Å². The van der Waals surface area contributed by atoms with Crippen LogP contribution in [0.25, 0.3) is 16.3 Å². The number of likely N-dealkylation sites (N-methyl/N-ethyl adjacent to an activating group) is 1. The molecular weight excluding hydrogens is 380 g/mol. The second kappa shape index (κ2) is 8.00. The quantitative estimate of drug-likeness (QED) is 0.642. The molecule has 30 heavy (non-hydrogen) atoms. The van der Waals surface area contributed by atoms with Crippen molar-refractivity contribution in [3.63, 3.8) is 0 Å². The van der Waals surface area contributed by atoms with E-state index in [-0.39, 0.29) is 24.8 Å². The number of fused-ring (bicyclic) bond motifs is 1. The fourth-order valence-corrected chi connectivity index (χ4v) is 3.77. The Hall–Kier alpha value is -3.64. The summed E-state index contributed by atoms with van der Waals surface area (Å²) in [5.41, 5.74) is 1.75. The van der Waals surface area contributed by atoms with Crippen LogP contribution in [0.15, 0.2) is 72.4 Å². The summed E-state index contributed by atoms with van der Waals surface area (Å²) in [7, 11) is 3.27. The van der Waals surface area contributed by atoms with Crippen molar-refractivity contribution in [3.8, 4) is 5.75 Å². The summed E-state index contributed by atoms with van der Waals surface area (Å²) in [6.07, 6.45) is 0. The van der Waals surface area contributed by atoms with Crippen LogP contribution in [0.3, 0.4) is 0 Å². The predicted molar refractivity (Wildman–Crippen MR) is 116 cm³/mol. The minimum atomic E-state index is -0.405.